The van der Waals surface area contributed by atoms with E-state index in [2.05, 4.69) is 0 Å². The fraction of sp³-hybridized carbons (Fsp3) is 0.360. The second-order valence-corrected chi connectivity index (χ2v) is 8.05. The van der Waals surface area contributed by atoms with Crippen molar-refractivity contribution in [2.45, 2.75) is 58.7 Å². The highest BCUT2D eigenvalue weighted by atomic mass is 16.6. The number of nitrogens with zero attached hydrogens (tertiary/aromatic N) is 1. The molecule has 0 N–H and O–H groups in total. The van der Waals surface area contributed by atoms with Gasteiger partial charge in [0.25, 0.3) is 5.91 Å². The van der Waals surface area contributed by atoms with Gasteiger partial charge in [-0.25, -0.2) is 0 Å². The predicted molar refractivity (Wildman–Crippen MR) is 117 cm³/mol. The Morgan fingerprint density at radius 1 is 1.00 bits per heavy atom. The van der Waals surface area contributed by atoms with Crippen LogP contribution < -0.4 is 0 Å². The predicted octanol–water partition coefficient (Wildman–Crippen LogP) is 5.57. The molecule has 4 heteroatoms. The van der Waals surface area contributed by atoms with Gasteiger partial charge in [-0.1, -0.05) is 60.7 Å². The van der Waals surface area contributed by atoms with E-state index in [0.29, 0.717) is 5.56 Å². The van der Waals surface area contributed by atoms with Crippen LogP contribution in [0.25, 0.3) is 0 Å². The first-order valence-corrected chi connectivity index (χ1v) is 10.00. The van der Waals surface area contributed by atoms with E-state index in [4.69, 9.17) is 4.74 Å². The third-order valence-corrected chi connectivity index (χ3v) is 4.52. The lowest BCUT2D eigenvalue weighted by molar-refractivity contribution is -0.155. The third-order valence-electron chi connectivity index (χ3n) is 4.52. The molecular weight excluding hydrogens is 362 g/mol. The number of carbonyl (C=O) groups is 2. The number of allylic oxidation sites excluding steroid dienone is 1. The van der Waals surface area contributed by atoms with Crippen LogP contribution in [0, 0.1) is 0 Å². The SMILES string of the molecule is C/C=C/[C@@H](CC(=O)OC(C)(C)C)N(C(=O)c1ccccc1)[C@@H](C)c1ccccc1. The Kier molecular flexibility index (Phi) is 7.77. The van der Waals surface area contributed by atoms with Crippen molar-refractivity contribution >= 4 is 11.9 Å². The first kappa shape index (κ1) is 22.4. The van der Waals surface area contributed by atoms with Crippen molar-refractivity contribution in [1.82, 2.24) is 4.90 Å². The lowest BCUT2D eigenvalue weighted by atomic mass is 10.0. The summed E-state index contributed by atoms with van der Waals surface area (Å²) < 4.78 is 5.52. The summed E-state index contributed by atoms with van der Waals surface area (Å²) in [6.45, 7) is 9.40. The van der Waals surface area contributed by atoms with Crippen LogP contribution in [0.1, 0.15) is 63.0 Å². The van der Waals surface area contributed by atoms with Crippen LogP contribution in [0.15, 0.2) is 72.8 Å². The Morgan fingerprint density at radius 3 is 2.07 bits per heavy atom. The Bertz CT molecular complexity index is 822. The summed E-state index contributed by atoms with van der Waals surface area (Å²) >= 11 is 0. The number of carbonyl (C=O) groups excluding carboxylic acids is 2. The number of ether oxygens (including phenoxy) is 1. The fourth-order valence-electron chi connectivity index (χ4n) is 3.27. The zero-order valence-corrected chi connectivity index (χ0v) is 18.0. The first-order valence-electron chi connectivity index (χ1n) is 10.00. The molecule has 2 aromatic rings. The maximum Gasteiger partial charge on any atom is 0.308 e. The van der Waals surface area contributed by atoms with E-state index in [9.17, 15) is 9.59 Å². The van der Waals surface area contributed by atoms with Crippen molar-refractivity contribution in [2.75, 3.05) is 0 Å². The molecule has 0 unspecified atom stereocenters. The van der Waals surface area contributed by atoms with Crippen LogP contribution in [-0.4, -0.2) is 28.4 Å². The standard InChI is InChI=1S/C25H31NO3/c1-6-13-22(18-23(27)29-25(3,4)5)26(19(2)20-14-9-7-10-15-20)24(28)21-16-11-8-12-17-21/h6-17,19,22H,18H2,1-5H3/b13-6+/t19-,22-/m0/s1. The molecule has 1 amide bonds. The molecule has 29 heavy (non-hydrogen) atoms. The van der Waals surface area contributed by atoms with Crippen LogP contribution in [0.2, 0.25) is 0 Å². The summed E-state index contributed by atoms with van der Waals surface area (Å²) in [6, 6.07) is 18.4. The molecule has 0 radical (unpaired) electrons. The Balaban J connectivity index is 2.42. The van der Waals surface area contributed by atoms with Crippen LogP contribution in [0.5, 0.6) is 0 Å². The topological polar surface area (TPSA) is 46.6 Å². The van der Waals surface area contributed by atoms with E-state index in [-0.39, 0.29) is 24.3 Å². The van der Waals surface area contributed by atoms with Crippen molar-refractivity contribution in [1.29, 1.82) is 0 Å². The molecule has 0 fully saturated rings. The minimum Gasteiger partial charge on any atom is -0.460 e. The quantitative estimate of drug-likeness (QED) is 0.456. The maximum absolute atomic E-state index is 13.5. The van der Waals surface area contributed by atoms with Gasteiger partial charge in [0.1, 0.15) is 5.60 Å². The number of benzene rings is 2. The van der Waals surface area contributed by atoms with Crippen LogP contribution in [0.3, 0.4) is 0 Å². The molecule has 0 aromatic heterocycles. The second kappa shape index (κ2) is 10.1. The van der Waals surface area contributed by atoms with Crippen molar-refractivity contribution in [2.24, 2.45) is 0 Å². The number of rotatable bonds is 7. The van der Waals surface area contributed by atoms with Crippen molar-refractivity contribution < 1.29 is 14.3 Å². The minimum absolute atomic E-state index is 0.0946. The average molecular weight is 394 g/mol. The molecule has 0 heterocycles. The molecule has 0 aliphatic heterocycles. The Hall–Kier alpha value is -2.88. The summed E-state index contributed by atoms with van der Waals surface area (Å²) in [4.78, 5) is 27.8. The van der Waals surface area contributed by atoms with E-state index >= 15 is 0 Å². The molecule has 2 rings (SSSR count). The monoisotopic (exact) mass is 393 g/mol. The van der Waals surface area contributed by atoms with E-state index in [1.165, 1.54) is 0 Å². The molecule has 4 nitrogen and oxygen atoms in total. The number of hydrogen-bond donors (Lipinski definition) is 0. The highest BCUT2D eigenvalue weighted by Gasteiger charge is 2.31. The zero-order chi connectivity index (χ0) is 21.4. The van der Waals surface area contributed by atoms with Crippen molar-refractivity contribution in [3.63, 3.8) is 0 Å². The zero-order valence-electron chi connectivity index (χ0n) is 18.0. The van der Waals surface area contributed by atoms with Gasteiger partial charge in [0.05, 0.1) is 18.5 Å². The molecule has 154 valence electrons. The fourth-order valence-corrected chi connectivity index (χ4v) is 3.27. The van der Waals surface area contributed by atoms with Gasteiger partial charge in [-0.05, 0) is 52.3 Å². The summed E-state index contributed by atoms with van der Waals surface area (Å²) in [5, 5.41) is 0. The molecule has 0 saturated heterocycles. The van der Waals surface area contributed by atoms with E-state index in [1.807, 2.05) is 95.3 Å². The molecule has 2 atom stereocenters. The molecule has 0 aliphatic carbocycles. The summed E-state index contributed by atoms with van der Waals surface area (Å²) in [5.41, 5.74) is 1.03. The van der Waals surface area contributed by atoms with Gasteiger partial charge in [0.2, 0.25) is 0 Å². The number of esters is 1. The average Bonchev–Trinajstić information content (AvgIpc) is 2.68. The third kappa shape index (κ3) is 6.60. The summed E-state index contributed by atoms with van der Waals surface area (Å²) in [7, 11) is 0. The second-order valence-electron chi connectivity index (χ2n) is 8.05. The van der Waals surface area contributed by atoms with Gasteiger partial charge in [-0.3, -0.25) is 9.59 Å². The first-order chi connectivity index (χ1) is 13.7. The molecule has 2 aromatic carbocycles. The Morgan fingerprint density at radius 2 is 1.55 bits per heavy atom. The van der Waals surface area contributed by atoms with E-state index in [1.54, 1.807) is 17.0 Å². The van der Waals surface area contributed by atoms with Crippen LogP contribution in [-0.2, 0) is 9.53 Å². The van der Waals surface area contributed by atoms with E-state index < -0.39 is 11.6 Å². The molecule has 0 aliphatic rings. The minimum atomic E-state index is -0.573. The van der Waals surface area contributed by atoms with Gasteiger partial charge < -0.3 is 9.64 Å². The molecule has 0 bridgehead atoms. The van der Waals surface area contributed by atoms with Gasteiger partial charge in [0, 0.05) is 5.56 Å². The van der Waals surface area contributed by atoms with Gasteiger partial charge in [-0.2, -0.15) is 0 Å². The smallest absolute Gasteiger partial charge is 0.308 e. The number of amides is 1. The summed E-state index contributed by atoms with van der Waals surface area (Å²) in [5.74, 6) is -0.444. The van der Waals surface area contributed by atoms with E-state index in [0.717, 1.165) is 5.56 Å². The van der Waals surface area contributed by atoms with Crippen LogP contribution in [0.4, 0.5) is 0 Å². The van der Waals surface area contributed by atoms with Gasteiger partial charge >= 0.3 is 5.97 Å². The summed E-state index contributed by atoms with van der Waals surface area (Å²) in [6.07, 6.45) is 3.86. The lowest BCUT2D eigenvalue weighted by Gasteiger charge is -2.36. The highest BCUT2D eigenvalue weighted by Crippen LogP contribution is 2.27. The maximum atomic E-state index is 13.5. The highest BCUT2D eigenvalue weighted by molar-refractivity contribution is 5.95. The molecule has 0 spiro atoms. The normalized spacial score (nSPS) is 13.7. The Labute approximate surface area is 174 Å². The molecular formula is C25H31NO3. The van der Waals surface area contributed by atoms with Crippen molar-refractivity contribution in [3.05, 3.63) is 83.9 Å². The molecule has 0 saturated carbocycles. The van der Waals surface area contributed by atoms with Gasteiger partial charge in [0.15, 0.2) is 0 Å². The van der Waals surface area contributed by atoms with Gasteiger partial charge in [-0.15, -0.1) is 0 Å². The number of hydrogen-bond acceptors (Lipinski definition) is 3. The largest absolute Gasteiger partial charge is 0.460 e. The lowest BCUT2D eigenvalue weighted by Crippen LogP contribution is -2.43. The van der Waals surface area contributed by atoms with Crippen molar-refractivity contribution in [3.8, 4) is 0 Å². The van der Waals surface area contributed by atoms with Crippen LogP contribution >= 0.6 is 0 Å².